The maximum Gasteiger partial charge on any atom is 0.0444 e. The summed E-state index contributed by atoms with van der Waals surface area (Å²) < 4.78 is 17.1. The predicted molar refractivity (Wildman–Crippen MR) is 105 cm³/mol. The van der Waals surface area contributed by atoms with Crippen LogP contribution in [0.2, 0.25) is 5.02 Å². The standard InChI is InChI=1S/C22H27ClN2/c1-22(2)15-25(12-11-24(22)3)21-14-19(16-7-5-4-6-8-16)18-10-9-17(23)13-20(18)21/h4-10,13,19,21H,11-12,14-15H2,1-3H3/t19-,21+/m0/s1/i11D2. The molecule has 0 saturated carbocycles. The lowest BCUT2D eigenvalue weighted by Gasteiger charge is -2.47. The van der Waals surface area contributed by atoms with E-state index in [1.807, 2.05) is 18.0 Å². The third kappa shape index (κ3) is 3.12. The minimum absolute atomic E-state index is 0.187. The average molecular weight is 357 g/mol. The minimum atomic E-state index is -1.36. The molecule has 132 valence electrons. The van der Waals surface area contributed by atoms with Crippen LogP contribution in [-0.2, 0) is 0 Å². The topological polar surface area (TPSA) is 6.48 Å². The van der Waals surface area contributed by atoms with Gasteiger partial charge in [0, 0.05) is 44.8 Å². The molecule has 25 heavy (non-hydrogen) atoms. The number of rotatable bonds is 2. The van der Waals surface area contributed by atoms with Gasteiger partial charge in [-0.25, -0.2) is 0 Å². The lowest BCUT2D eigenvalue weighted by molar-refractivity contribution is 0.0158. The van der Waals surface area contributed by atoms with Crippen LogP contribution in [-0.4, -0.2) is 42.0 Å². The van der Waals surface area contributed by atoms with Gasteiger partial charge in [-0.05, 0) is 56.1 Å². The SMILES string of the molecule is [2H]C1([2H])CN([C@@H]2C[C@@H](c3ccccc3)c3ccc(Cl)cc32)CC(C)(C)N1C. The molecule has 1 fully saturated rings. The summed E-state index contributed by atoms with van der Waals surface area (Å²) in [5.74, 6) is 0.331. The van der Waals surface area contributed by atoms with Crippen molar-refractivity contribution >= 4 is 11.6 Å². The van der Waals surface area contributed by atoms with E-state index in [-0.39, 0.29) is 11.6 Å². The monoisotopic (exact) mass is 356 g/mol. The maximum absolute atomic E-state index is 8.55. The highest BCUT2D eigenvalue weighted by Gasteiger charge is 2.40. The Hall–Kier alpha value is -1.35. The second kappa shape index (κ2) is 6.42. The number of fused-ring (bicyclic) bond motifs is 1. The molecule has 1 heterocycles. The molecule has 0 amide bonds. The van der Waals surface area contributed by atoms with Crippen molar-refractivity contribution in [3.05, 3.63) is 70.2 Å². The van der Waals surface area contributed by atoms with Gasteiger partial charge in [0.1, 0.15) is 0 Å². The number of piperazine rings is 1. The fourth-order valence-corrected chi connectivity index (χ4v) is 4.45. The summed E-state index contributed by atoms with van der Waals surface area (Å²) in [5, 5.41) is 0.754. The van der Waals surface area contributed by atoms with Crippen LogP contribution in [0, 0.1) is 0 Å². The summed E-state index contributed by atoms with van der Waals surface area (Å²) in [5.41, 5.74) is 3.67. The van der Waals surface area contributed by atoms with E-state index < -0.39 is 6.50 Å². The number of hydrogen-bond acceptors (Lipinski definition) is 2. The molecule has 0 spiro atoms. The molecule has 0 N–H and O–H groups in total. The van der Waals surface area contributed by atoms with Gasteiger partial charge in [0.15, 0.2) is 0 Å². The first-order valence-corrected chi connectivity index (χ1v) is 9.39. The van der Waals surface area contributed by atoms with E-state index >= 15 is 0 Å². The molecule has 1 aliphatic heterocycles. The summed E-state index contributed by atoms with van der Waals surface area (Å²) in [6, 6.07) is 17.0. The van der Waals surface area contributed by atoms with Crippen LogP contribution in [0.25, 0.3) is 0 Å². The van der Waals surface area contributed by atoms with Crippen molar-refractivity contribution in [2.45, 2.75) is 37.8 Å². The molecule has 2 aromatic carbocycles. The van der Waals surface area contributed by atoms with Gasteiger partial charge in [-0.15, -0.1) is 0 Å². The molecule has 2 aromatic rings. The normalized spacial score (nSPS) is 29.8. The minimum Gasteiger partial charge on any atom is -0.299 e. The summed E-state index contributed by atoms with van der Waals surface area (Å²) in [6.07, 6.45) is 0.968. The fraction of sp³-hybridized carbons (Fsp3) is 0.455. The highest BCUT2D eigenvalue weighted by molar-refractivity contribution is 6.30. The smallest absolute Gasteiger partial charge is 0.0444 e. The number of halogens is 1. The third-order valence-corrected chi connectivity index (χ3v) is 6.13. The van der Waals surface area contributed by atoms with Crippen molar-refractivity contribution in [1.82, 2.24) is 9.80 Å². The molecule has 0 radical (unpaired) electrons. The van der Waals surface area contributed by atoms with Gasteiger partial charge in [0.05, 0.1) is 0 Å². The first kappa shape index (κ1) is 14.8. The number of likely N-dealkylation sites (N-methyl/N-ethyl adjacent to an activating group) is 1. The van der Waals surface area contributed by atoms with Gasteiger partial charge in [0.25, 0.3) is 0 Å². The highest BCUT2D eigenvalue weighted by atomic mass is 35.5. The van der Waals surface area contributed by atoms with Crippen LogP contribution in [0.1, 0.15) is 51.7 Å². The first-order chi connectivity index (χ1) is 12.7. The van der Waals surface area contributed by atoms with Gasteiger partial charge in [0.2, 0.25) is 0 Å². The van der Waals surface area contributed by atoms with Crippen LogP contribution in [0.5, 0.6) is 0 Å². The van der Waals surface area contributed by atoms with E-state index in [1.54, 1.807) is 0 Å². The van der Waals surface area contributed by atoms with Crippen molar-refractivity contribution in [1.29, 1.82) is 0 Å². The second-order valence-corrected chi connectivity index (χ2v) is 8.36. The maximum atomic E-state index is 8.55. The van der Waals surface area contributed by atoms with Crippen molar-refractivity contribution in [2.24, 2.45) is 0 Å². The molecule has 4 rings (SSSR count). The third-order valence-electron chi connectivity index (χ3n) is 5.89. The lowest BCUT2D eigenvalue weighted by Crippen LogP contribution is -2.58. The molecule has 2 aliphatic rings. The van der Waals surface area contributed by atoms with Crippen LogP contribution in [0.3, 0.4) is 0 Å². The van der Waals surface area contributed by atoms with E-state index in [0.29, 0.717) is 12.5 Å². The Morgan fingerprint density at radius 1 is 1.12 bits per heavy atom. The quantitative estimate of drug-likeness (QED) is 0.751. The molecule has 3 heteroatoms. The molecular formula is C22H27ClN2. The van der Waals surface area contributed by atoms with E-state index in [1.165, 1.54) is 16.7 Å². The van der Waals surface area contributed by atoms with Gasteiger partial charge in [-0.2, -0.15) is 0 Å². The average Bonchev–Trinajstić information content (AvgIpc) is 2.98. The molecule has 0 bridgehead atoms. The fourth-order valence-electron chi connectivity index (χ4n) is 4.27. The summed E-state index contributed by atoms with van der Waals surface area (Å²) in [4.78, 5) is 4.21. The van der Waals surface area contributed by atoms with Crippen LogP contribution < -0.4 is 0 Å². The summed E-state index contributed by atoms with van der Waals surface area (Å²) in [6.45, 7) is 4.14. The number of nitrogens with zero attached hydrogens (tertiary/aromatic N) is 2. The Balaban J connectivity index is 1.73. The van der Waals surface area contributed by atoms with E-state index in [4.69, 9.17) is 14.3 Å². The van der Waals surface area contributed by atoms with Crippen molar-refractivity contribution in [3.8, 4) is 0 Å². The van der Waals surface area contributed by atoms with E-state index in [0.717, 1.165) is 18.0 Å². The first-order valence-electron chi connectivity index (χ1n) is 10.0. The Kier molecular flexibility index (Phi) is 3.80. The lowest BCUT2D eigenvalue weighted by atomic mass is 9.93. The Morgan fingerprint density at radius 3 is 2.60 bits per heavy atom. The second-order valence-electron chi connectivity index (χ2n) is 7.92. The predicted octanol–water partition coefficient (Wildman–Crippen LogP) is 4.94. The van der Waals surface area contributed by atoms with Gasteiger partial charge in [-0.3, -0.25) is 9.80 Å². The van der Waals surface area contributed by atoms with Crippen molar-refractivity contribution in [2.75, 3.05) is 26.6 Å². The van der Waals surface area contributed by atoms with Gasteiger partial charge >= 0.3 is 0 Å². The molecule has 1 saturated heterocycles. The van der Waals surface area contributed by atoms with Crippen molar-refractivity contribution < 1.29 is 2.74 Å². The zero-order chi connectivity index (χ0) is 19.4. The Morgan fingerprint density at radius 2 is 1.88 bits per heavy atom. The van der Waals surface area contributed by atoms with Crippen LogP contribution in [0.4, 0.5) is 0 Å². The van der Waals surface area contributed by atoms with Gasteiger partial charge < -0.3 is 0 Å². The highest BCUT2D eigenvalue weighted by Crippen LogP contribution is 2.48. The largest absolute Gasteiger partial charge is 0.299 e. The molecule has 0 unspecified atom stereocenters. The summed E-state index contributed by atoms with van der Waals surface area (Å²) >= 11 is 6.36. The molecule has 1 aliphatic carbocycles. The Bertz CT molecular complexity index is 819. The van der Waals surface area contributed by atoms with E-state index in [9.17, 15) is 0 Å². The molecular weight excluding hydrogens is 328 g/mol. The zero-order valence-corrected chi connectivity index (χ0v) is 15.9. The zero-order valence-electron chi connectivity index (χ0n) is 17.2. The summed E-state index contributed by atoms with van der Waals surface area (Å²) in [7, 11) is 1.89. The molecule has 0 aromatic heterocycles. The van der Waals surface area contributed by atoms with Gasteiger partial charge in [-0.1, -0.05) is 48.0 Å². The Labute approximate surface area is 159 Å². The number of benzene rings is 2. The van der Waals surface area contributed by atoms with Crippen molar-refractivity contribution in [3.63, 3.8) is 0 Å². The van der Waals surface area contributed by atoms with E-state index in [2.05, 4.69) is 61.2 Å². The molecule has 2 atom stereocenters. The number of hydrogen-bond donors (Lipinski definition) is 0. The molecule has 2 nitrogen and oxygen atoms in total. The van der Waals surface area contributed by atoms with Crippen LogP contribution in [0.15, 0.2) is 48.5 Å². The van der Waals surface area contributed by atoms with Crippen LogP contribution >= 0.6 is 11.6 Å².